The summed E-state index contributed by atoms with van der Waals surface area (Å²) in [6, 6.07) is 9.88. The van der Waals surface area contributed by atoms with Crippen LogP contribution in [-0.2, 0) is 16.0 Å². The first-order valence-electron chi connectivity index (χ1n) is 8.14. The molecule has 0 saturated heterocycles. The zero-order valence-electron chi connectivity index (χ0n) is 13.5. The van der Waals surface area contributed by atoms with Crippen molar-refractivity contribution in [3.63, 3.8) is 0 Å². The van der Waals surface area contributed by atoms with Crippen LogP contribution in [0.5, 0.6) is 0 Å². The molecule has 2 unspecified atom stereocenters. The van der Waals surface area contributed by atoms with Gasteiger partial charge in [-0.3, -0.25) is 9.59 Å². The Morgan fingerprint density at radius 2 is 1.86 bits per heavy atom. The van der Waals surface area contributed by atoms with Crippen molar-refractivity contribution < 1.29 is 9.59 Å². The molecule has 4 heteroatoms. The summed E-state index contributed by atoms with van der Waals surface area (Å²) < 4.78 is 0. The van der Waals surface area contributed by atoms with Crippen molar-refractivity contribution in [2.24, 2.45) is 5.92 Å². The highest BCUT2D eigenvalue weighted by molar-refractivity contribution is 5.85. The van der Waals surface area contributed by atoms with Crippen molar-refractivity contribution in [2.75, 3.05) is 13.6 Å². The average Bonchev–Trinajstić information content (AvgIpc) is 2.53. The number of likely N-dealkylation sites (N-methyl/N-ethyl adjacent to an activating group) is 1. The lowest BCUT2D eigenvalue weighted by Gasteiger charge is -2.36. The molecule has 1 aromatic rings. The second kappa shape index (κ2) is 7.97. The van der Waals surface area contributed by atoms with Crippen LogP contribution in [0.25, 0.3) is 0 Å². The SMILES string of the molecule is CC1CCCCC1N(C)C(=O)CNC(=O)Cc1ccccc1. The van der Waals surface area contributed by atoms with Crippen molar-refractivity contribution in [2.45, 2.75) is 45.1 Å². The van der Waals surface area contributed by atoms with Gasteiger partial charge in [-0.15, -0.1) is 0 Å². The summed E-state index contributed by atoms with van der Waals surface area (Å²) in [6.07, 6.45) is 5.02. The van der Waals surface area contributed by atoms with Crippen LogP contribution in [0.3, 0.4) is 0 Å². The van der Waals surface area contributed by atoms with Crippen molar-refractivity contribution in [3.8, 4) is 0 Å². The molecule has 120 valence electrons. The minimum absolute atomic E-state index is 0.000150. The predicted octanol–water partition coefficient (Wildman–Crippen LogP) is 2.38. The minimum atomic E-state index is -0.107. The van der Waals surface area contributed by atoms with Crippen LogP contribution in [0.15, 0.2) is 30.3 Å². The topological polar surface area (TPSA) is 49.4 Å². The smallest absolute Gasteiger partial charge is 0.241 e. The third-order valence-corrected chi connectivity index (χ3v) is 4.60. The van der Waals surface area contributed by atoms with Crippen molar-refractivity contribution in [1.82, 2.24) is 10.2 Å². The van der Waals surface area contributed by atoms with Crippen LogP contribution < -0.4 is 5.32 Å². The van der Waals surface area contributed by atoms with Gasteiger partial charge in [-0.05, 0) is 24.3 Å². The predicted molar refractivity (Wildman–Crippen MR) is 87.3 cm³/mol. The molecule has 2 atom stereocenters. The molecule has 1 N–H and O–H groups in total. The summed E-state index contributed by atoms with van der Waals surface area (Å²) >= 11 is 0. The molecule has 4 nitrogen and oxygen atoms in total. The summed E-state index contributed by atoms with van der Waals surface area (Å²) in [5.74, 6) is 0.438. The van der Waals surface area contributed by atoms with Gasteiger partial charge in [0.1, 0.15) is 0 Å². The Morgan fingerprint density at radius 1 is 1.18 bits per heavy atom. The Kier molecular flexibility index (Phi) is 5.99. The zero-order chi connectivity index (χ0) is 15.9. The van der Waals surface area contributed by atoms with Gasteiger partial charge < -0.3 is 10.2 Å². The quantitative estimate of drug-likeness (QED) is 0.908. The van der Waals surface area contributed by atoms with Crippen molar-refractivity contribution >= 4 is 11.8 Å². The molecule has 0 radical (unpaired) electrons. The number of hydrogen-bond acceptors (Lipinski definition) is 2. The van der Waals surface area contributed by atoms with Gasteiger partial charge in [0.2, 0.25) is 11.8 Å². The van der Waals surface area contributed by atoms with Gasteiger partial charge in [-0.2, -0.15) is 0 Å². The van der Waals surface area contributed by atoms with E-state index in [2.05, 4.69) is 12.2 Å². The molecule has 0 heterocycles. The summed E-state index contributed by atoms with van der Waals surface area (Å²) in [4.78, 5) is 26.0. The number of amides is 2. The van der Waals surface area contributed by atoms with Gasteiger partial charge >= 0.3 is 0 Å². The second-order valence-corrected chi connectivity index (χ2v) is 6.27. The third-order valence-electron chi connectivity index (χ3n) is 4.60. The minimum Gasteiger partial charge on any atom is -0.347 e. The van der Waals surface area contributed by atoms with Crippen LogP contribution in [0.4, 0.5) is 0 Å². The fourth-order valence-corrected chi connectivity index (χ4v) is 3.20. The van der Waals surface area contributed by atoms with Crippen LogP contribution in [-0.4, -0.2) is 36.3 Å². The summed E-state index contributed by atoms with van der Waals surface area (Å²) in [5, 5.41) is 2.74. The summed E-state index contributed by atoms with van der Waals surface area (Å²) in [7, 11) is 1.86. The maximum absolute atomic E-state index is 12.3. The van der Waals surface area contributed by atoms with Crippen LogP contribution >= 0.6 is 0 Å². The first-order valence-corrected chi connectivity index (χ1v) is 8.14. The highest BCUT2D eigenvalue weighted by Crippen LogP contribution is 2.27. The molecule has 2 rings (SSSR count). The zero-order valence-corrected chi connectivity index (χ0v) is 13.5. The normalized spacial score (nSPS) is 21.2. The second-order valence-electron chi connectivity index (χ2n) is 6.27. The standard InChI is InChI=1S/C18H26N2O2/c1-14-8-6-7-11-16(14)20(2)18(22)13-19-17(21)12-15-9-4-3-5-10-15/h3-5,9-10,14,16H,6-8,11-13H2,1-2H3,(H,19,21). The Balaban J connectivity index is 1.78. The van der Waals surface area contributed by atoms with Crippen molar-refractivity contribution in [1.29, 1.82) is 0 Å². The molecule has 0 aromatic heterocycles. The number of rotatable bonds is 5. The highest BCUT2D eigenvalue weighted by atomic mass is 16.2. The maximum Gasteiger partial charge on any atom is 0.241 e. The van der Waals surface area contributed by atoms with Crippen molar-refractivity contribution in [3.05, 3.63) is 35.9 Å². The van der Waals surface area contributed by atoms with E-state index in [1.165, 1.54) is 19.3 Å². The lowest BCUT2D eigenvalue weighted by Crippen LogP contribution is -2.46. The Labute approximate surface area is 132 Å². The molecule has 1 aromatic carbocycles. The lowest BCUT2D eigenvalue weighted by atomic mass is 9.85. The number of hydrogen-bond donors (Lipinski definition) is 1. The largest absolute Gasteiger partial charge is 0.347 e. The summed E-state index contributed by atoms with van der Waals surface area (Å²) in [6.45, 7) is 2.30. The Hall–Kier alpha value is -1.84. The molecule has 1 fully saturated rings. The van der Waals surface area contributed by atoms with Gasteiger partial charge in [-0.1, -0.05) is 50.1 Å². The number of nitrogens with zero attached hydrogens (tertiary/aromatic N) is 1. The fourth-order valence-electron chi connectivity index (χ4n) is 3.20. The molecule has 0 aliphatic heterocycles. The molecule has 0 spiro atoms. The Bertz CT molecular complexity index is 501. The molecular weight excluding hydrogens is 276 g/mol. The Morgan fingerprint density at radius 3 is 2.55 bits per heavy atom. The number of carbonyl (C=O) groups is 2. The maximum atomic E-state index is 12.3. The number of nitrogens with one attached hydrogen (secondary N) is 1. The molecule has 1 saturated carbocycles. The van der Waals surface area contributed by atoms with Gasteiger partial charge in [0.25, 0.3) is 0 Å². The summed E-state index contributed by atoms with van der Waals surface area (Å²) in [5.41, 5.74) is 0.960. The molecule has 1 aliphatic rings. The highest BCUT2D eigenvalue weighted by Gasteiger charge is 2.27. The van der Waals surface area contributed by atoms with E-state index in [-0.39, 0.29) is 18.4 Å². The van der Waals surface area contributed by atoms with Crippen LogP contribution in [0.1, 0.15) is 38.2 Å². The molecule has 22 heavy (non-hydrogen) atoms. The van der Waals surface area contributed by atoms with E-state index in [1.54, 1.807) is 0 Å². The van der Waals surface area contributed by atoms with Gasteiger partial charge in [0.05, 0.1) is 13.0 Å². The molecule has 1 aliphatic carbocycles. The third kappa shape index (κ3) is 4.58. The van der Waals surface area contributed by atoms with E-state index in [0.29, 0.717) is 18.4 Å². The molecule has 2 amide bonds. The monoisotopic (exact) mass is 302 g/mol. The van der Waals surface area contributed by atoms with E-state index in [1.807, 2.05) is 42.3 Å². The van der Waals surface area contributed by atoms with Crippen LogP contribution in [0.2, 0.25) is 0 Å². The first kappa shape index (κ1) is 16.5. The fraction of sp³-hybridized carbons (Fsp3) is 0.556. The number of carbonyl (C=O) groups excluding carboxylic acids is 2. The van der Waals surface area contributed by atoms with Gasteiger partial charge in [0.15, 0.2) is 0 Å². The number of benzene rings is 1. The van der Waals surface area contributed by atoms with Crippen LogP contribution in [0, 0.1) is 5.92 Å². The van der Waals surface area contributed by atoms with E-state index in [9.17, 15) is 9.59 Å². The first-order chi connectivity index (χ1) is 10.6. The average molecular weight is 302 g/mol. The molecular formula is C18H26N2O2. The van der Waals surface area contributed by atoms with E-state index >= 15 is 0 Å². The van der Waals surface area contributed by atoms with E-state index in [0.717, 1.165) is 12.0 Å². The van der Waals surface area contributed by atoms with E-state index in [4.69, 9.17) is 0 Å². The molecule has 0 bridgehead atoms. The van der Waals surface area contributed by atoms with Gasteiger partial charge in [0, 0.05) is 13.1 Å². The van der Waals surface area contributed by atoms with E-state index < -0.39 is 0 Å². The van der Waals surface area contributed by atoms with Gasteiger partial charge in [-0.25, -0.2) is 0 Å². The lowest BCUT2D eigenvalue weighted by molar-refractivity contribution is -0.134.